The molecule has 0 bridgehead atoms. The lowest BCUT2D eigenvalue weighted by atomic mass is 10.1. The molecule has 0 aliphatic carbocycles. The van der Waals surface area contributed by atoms with Crippen molar-refractivity contribution in [3.8, 4) is 0 Å². The van der Waals surface area contributed by atoms with Crippen molar-refractivity contribution in [3.05, 3.63) is 35.4 Å². The monoisotopic (exact) mass is 262 g/mol. The fourth-order valence-electron chi connectivity index (χ4n) is 2.55. The molecule has 0 saturated carbocycles. The molecular formula is C16H26N2O. The first-order valence-corrected chi connectivity index (χ1v) is 7.38. The molecule has 1 fully saturated rings. The fraction of sp³-hybridized carbons (Fsp3) is 0.625. The van der Waals surface area contributed by atoms with Crippen LogP contribution < -0.4 is 5.32 Å². The van der Waals surface area contributed by atoms with Gasteiger partial charge in [-0.3, -0.25) is 4.90 Å². The van der Waals surface area contributed by atoms with E-state index in [1.54, 1.807) is 7.11 Å². The topological polar surface area (TPSA) is 24.5 Å². The molecule has 1 aliphatic rings. The lowest BCUT2D eigenvalue weighted by Crippen LogP contribution is -2.29. The number of nitrogens with zero attached hydrogens (tertiary/aromatic N) is 1. The number of rotatable bonds is 7. The molecule has 1 N–H and O–H groups in total. The van der Waals surface area contributed by atoms with Crippen molar-refractivity contribution in [1.82, 2.24) is 10.2 Å². The number of nitrogens with one attached hydrogen (secondary N) is 1. The normalized spacial score (nSPS) is 16.7. The van der Waals surface area contributed by atoms with Crippen molar-refractivity contribution in [2.75, 3.05) is 33.4 Å². The zero-order chi connectivity index (χ0) is 13.3. The van der Waals surface area contributed by atoms with Crippen LogP contribution in [0.15, 0.2) is 24.3 Å². The van der Waals surface area contributed by atoms with Crippen molar-refractivity contribution < 1.29 is 4.74 Å². The van der Waals surface area contributed by atoms with E-state index in [2.05, 4.69) is 34.5 Å². The van der Waals surface area contributed by atoms with E-state index in [1.807, 2.05) is 0 Å². The number of benzene rings is 1. The molecule has 1 saturated heterocycles. The van der Waals surface area contributed by atoms with Crippen LogP contribution in [0.4, 0.5) is 0 Å². The predicted molar refractivity (Wildman–Crippen MR) is 79.2 cm³/mol. The molecule has 0 spiro atoms. The Balaban J connectivity index is 1.74. The maximum atomic E-state index is 5.02. The molecule has 3 nitrogen and oxygen atoms in total. The molecule has 0 aromatic heterocycles. The molecule has 1 aromatic rings. The summed E-state index contributed by atoms with van der Waals surface area (Å²) in [7, 11) is 1.73. The van der Waals surface area contributed by atoms with Crippen LogP contribution in [0.25, 0.3) is 0 Å². The highest BCUT2D eigenvalue weighted by Gasteiger charge is 2.09. The van der Waals surface area contributed by atoms with Crippen LogP contribution >= 0.6 is 0 Å². The van der Waals surface area contributed by atoms with Gasteiger partial charge < -0.3 is 10.1 Å². The van der Waals surface area contributed by atoms with Crippen LogP contribution in [0.1, 0.15) is 30.4 Å². The summed E-state index contributed by atoms with van der Waals surface area (Å²) in [5.41, 5.74) is 2.78. The summed E-state index contributed by atoms with van der Waals surface area (Å²) in [6.07, 6.45) is 4.13. The van der Waals surface area contributed by atoms with E-state index in [9.17, 15) is 0 Å². The highest BCUT2D eigenvalue weighted by molar-refractivity contribution is 5.22. The van der Waals surface area contributed by atoms with Crippen LogP contribution in [0.3, 0.4) is 0 Å². The van der Waals surface area contributed by atoms with E-state index >= 15 is 0 Å². The van der Waals surface area contributed by atoms with E-state index in [1.165, 1.54) is 43.5 Å². The van der Waals surface area contributed by atoms with Crippen LogP contribution in [-0.2, 0) is 17.8 Å². The number of methoxy groups -OCH3 is 1. The minimum absolute atomic E-state index is 0.771. The highest BCUT2D eigenvalue weighted by Crippen LogP contribution is 2.13. The summed E-state index contributed by atoms with van der Waals surface area (Å²) in [5.74, 6) is 0. The third-order valence-electron chi connectivity index (χ3n) is 3.69. The molecular weight excluding hydrogens is 236 g/mol. The molecule has 3 heteroatoms. The van der Waals surface area contributed by atoms with Gasteiger partial charge >= 0.3 is 0 Å². The van der Waals surface area contributed by atoms with Gasteiger partial charge in [-0.25, -0.2) is 0 Å². The van der Waals surface area contributed by atoms with Gasteiger partial charge in [-0.2, -0.15) is 0 Å². The van der Waals surface area contributed by atoms with E-state index in [0.29, 0.717) is 0 Å². The lowest BCUT2D eigenvalue weighted by Gasteiger charge is -2.26. The fourth-order valence-corrected chi connectivity index (χ4v) is 2.55. The summed E-state index contributed by atoms with van der Waals surface area (Å²) in [5, 5.41) is 3.37. The molecule has 1 aliphatic heterocycles. The van der Waals surface area contributed by atoms with Gasteiger partial charge in [0.15, 0.2) is 0 Å². The van der Waals surface area contributed by atoms with Gasteiger partial charge in [0.05, 0.1) is 6.61 Å². The first-order valence-electron chi connectivity index (χ1n) is 7.38. The number of hydrogen-bond donors (Lipinski definition) is 1. The van der Waals surface area contributed by atoms with E-state index in [-0.39, 0.29) is 0 Å². The molecule has 0 unspecified atom stereocenters. The maximum absolute atomic E-state index is 5.02. The maximum Gasteiger partial charge on any atom is 0.0587 e. The smallest absolute Gasteiger partial charge is 0.0587 e. The average molecular weight is 262 g/mol. The molecule has 0 amide bonds. The van der Waals surface area contributed by atoms with E-state index < -0.39 is 0 Å². The summed E-state index contributed by atoms with van der Waals surface area (Å²) in [6, 6.07) is 9.00. The number of piperidine rings is 1. The largest absolute Gasteiger partial charge is 0.383 e. The third kappa shape index (κ3) is 5.31. The Hall–Kier alpha value is -0.900. The average Bonchev–Trinajstić information content (AvgIpc) is 2.46. The predicted octanol–water partition coefficient (Wildman–Crippen LogP) is 2.41. The molecule has 0 atom stereocenters. The van der Waals surface area contributed by atoms with Gasteiger partial charge in [-0.1, -0.05) is 30.7 Å². The second kappa shape index (κ2) is 8.31. The molecule has 2 rings (SSSR count). The second-order valence-electron chi connectivity index (χ2n) is 5.32. The standard InChI is InChI=1S/C16H26N2O/c1-19-12-9-17-13-15-5-7-16(8-6-15)14-18-10-3-2-4-11-18/h5-8,17H,2-4,9-14H2,1H3. The first kappa shape index (κ1) is 14.5. The third-order valence-corrected chi connectivity index (χ3v) is 3.69. The second-order valence-corrected chi connectivity index (χ2v) is 5.32. The SMILES string of the molecule is COCCNCc1ccc(CN2CCCCC2)cc1. The van der Waals surface area contributed by atoms with Crippen LogP contribution in [0.5, 0.6) is 0 Å². The zero-order valence-electron chi connectivity index (χ0n) is 12.0. The summed E-state index contributed by atoms with van der Waals surface area (Å²) in [6.45, 7) is 6.24. The van der Waals surface area contributed by atoms with Crippen molar-refractivity contribution in [2.45, 2.75) is 32.4 Å². The Kier molecular flexibility index (Phi) is 6.34. The Morgan fingerprint density at radius 2 is 1.74 bits per heavy atom. The zero-order valence-corrected chi connectivity index (χ0v) is 12.0. The first-order chi connectivity index (χ1) is 9.38. The molecule has 19 heavy (non-hydrogen) atoms. The van der Waals surface area contributed by atoms with Crippen molar-refractivity contribution in [2.24, 2.45) is 0 Å². The Labute approximate surface area is 116 Å². The Morgan fingerprint density at radius 1 is 1.05 bits per heavy atom. The summed E-state index contributed by atoms with van der Waals surface area (Å²) >= 11 is 0. The van der Waals surface area contributed by atoms with Crippen molar-refractivity contribution in [1.29, 1.82) is 0 Å². The highest BCUT2D eigenvalue weighted by atomic mass is 16.5. The van der Waals surface area contributed by atoms with Gasteiger partial charge in [0, 0.05) is 26.7 Å². The van der Waals surface area contributed by atoms with E-state index in [0.717, 1.165) is 26.2 Å². The number of ether oxygens (including phenoxy) is 1. The minimum atomic E-state index is 0.771. The van der Waals surface area contributed by atoms with Crippen LogP contribution in [0.2, 0.25) is 0 Å². The quantitative estimate of drug-likeness (QED) is 0.764. The minimum Gasteiger partial charge on any atom is -0.383 e. The van der Waals surface area contributed by atoms with Gasteiger partial charge in [-0.15, -0.1) is 0 Å². The lowest BCUT2D eigenvalue weighted by molar-refractivity contribution is 0.199. The molecule has 1 heterocycles. The summed E-state index contributed by atoms with van der Waals surface area (Å²) < 4.78 is 5.02. The number of likely N-dealkylation sites (tertiary alicyclic amines) is 1. The van der Waals surface area contributed by atoms with Crippen molar-refractivity contribution >= 4 is 0 Å². The van der Waals surface area contributed by atoms with Gasteiger partial charge in [-0.05, 0) is 37.1 Å². The van der Waals surface area contributed by atoms with Crippen molar-refractivity contribution in [3.63, 3.8) is 0 Å². The van der Waals surface area contributed by atoms with Gasteiger partial charge in [0.2, 0.25) is 0 Å². The van der Waals surface area contributed by atoms with Crippen LogP contribution in [0, 0.1) is 0 Å². The molecule has 1 aromatic carbocycles. The molecule has 0 radical (unpaired) electrons. The summed E-state index contributed by atoms with van der Waals surface area (Å²) in [4.78, 5) is 2.56. The number of hydrogen-bond acceptors (Lipinski definition) is 3. The van der Waals surface area contributed by atoms with Gasteiger partial charge in [0.1, 0.15) is 0 Å². The Morgan fingerprint density at radius 3 is 2.42 bits per heavy atom. The molecule has 106 valence electrons. The van der Waals surface area contributed by atoms with Gasteiger partial charge in [0.25, 0.3) is 0 Å². The van der Waals surface area contributed by atoms with E-state index in [4.69, 9.17) is 4.74 Å². The van der Waals surface area contributed by atoms with Crippen LogP contribution in [-0.4, -0.2) is 38.3 Å². The Bertz CT molecular complexity index is 344.